The third-order valence-corrected chi connectivity index (χ3v) is 3.00. The Bertz CT molecular complexity index is 340. The molecule has 0 amide bonds. The molecule has 0 spiro atoms. The molecule has 1 saturated heterocycles. The second-order valence-electron chi connectivity index (χ2n) is 3.88. The monoisotopic (exact) mass is 241 g/mol. The molecule has 5 heteroatoms. The second-order valence-corrected chi connectivity index (χ2v) is 4.27. The van der Waals surface area contributed by atoms with Crippen molar-refractivity contribution in [1.29, 1.82) is 0 Å². The van der Waals surface area contributed by atoms with E-state index in [1.54, 1.807) is 6.20 Å². The highest BCUT2D eigenvalue weighted by Crippen LogP contribution is 2.21. The van der Waals surface area contributed by atoms with Crippen LogP contribution in [-0.4, -0.2) is 36.0 Å². The number of ether oxygens (including phenoxy) is 1. The number of hydrogen-bond donors (Lipinski definition) is 0. The average molecular weight is 242 g/mol. The highest BCUT2D eigenvalue weighted by Gasteiger charge is 2.19. The fourth-order valence-electron chi connectivity index (χ4n) is 2.02. The number of nitrogens with zero attached hydrogens (tertiary/aromatic N) is 3. The lowest BCUT2D eigenvalue weighted by molar-refractivity contribution is 0.0459. The molecule has 88 valence electrons. The average Bonchev–Trinajstić information content (AvgIpc) is 2.30. The van der Waals surface area contributed by atoms with Crippen molar-refractivity contribution in [3.8, 4) is 0 Å². The molecule has 0 bridgehead atoms. The molecule has 2 rings (SSSR count). The summed E-state index contributed by atoms with van der Waals surface area (Å²) in [6.45, 7) is 4.83. The Labute approximate surface area is 101 Å². The van der Waals surface area contributed by atoms with E-state index in [-0.39, 0.29) is 0 Å². The van der Waals surface area contributed by atoms with Crippen molar-refractivity contribution in [3.63, 3.8) is 0 Å². The van der Waals surface area contributed by atoms with Crippen LogP contribution in [0.25, 0.3) is 0 Å². The van der Waals surface area contributed by atoms with Gasteiger partial charge in [0.1, 0.15) is 0 Å². The smallest absolute Gasteiger partial charge is 0.153 e. The van der Waals surface area contributed by atoms with Crippen molar-refractivity contribution >= 4 is 17.3 Å². The van der Waals surface area contributed by atoms with Gasteiger partial charge in [-0.2, -0.15) is 5.10 Å². The van der Waals surface area contributed by atoms with Crippen LogP contribution in [0.5, 0.6) is 0 Å². The minimum atomic E-state index is 0.409. The van der Waals surface area contributed by atoms with Gasteiger partial charge in [-0.25, -0.2) is 0 Å². The standard InChI is InChI=1S/C11H16ClN3O/c1-2-16-10-3-5-15(6-4-10)9-7-11(12)14-13-8-9/h7-8,10H,2-6H2,1H3. The molecule has 0 unspecified atom stereocenters. The van der Waals surface area contributed by atoms with Gasteiger partial charge in [0.15, 0.2) is 5.15 Å². The van der Waals surface area contributed by atoms with Crippen LogP contribution < -0.4 is 4.90 Å². The molecule has 0 radical (unpaired) electrons. The number of aromatic nitrogens is 2. The van der Waals surface area contributed by atoms with Crippen molar-refractivity contribution in [1.82, 2.24) is 10.2 Å². The fraction of sp³-hybridized carbons (Fsp3) is 0.636. The number of anilines is 1. The highest BCUT2D eigenvalue weighted by atomic mass is 35.5. The zero-order chi connectivity index (χ0) is 11.4. The molecule has 0 saturated carbocycles. The maximum Gasteiger partial charge on any atom is 0.153 e. The molecule has 1 aromatic heterocycles. The van der Waals surface area contributed by atoms with Crippen molar-refractivity contribution in [3.05, 3.63) is 17.4 Å². The summed E-state index contributed by atoms with van der Waals surface area (Å²) in [4.78, 5) is 2.27. The number of rotatable bonds is 3. The van der Waals surface area contributed by atoms with E-state index in [2.05, 4.69) is 15.1 Å². The normalized spacial score (nSPS) is 17.8. The van der Waals surface area contributed by atoms with Gasteiger partial charge in [-0.1, -0.05) is 11.6 Å². The predicted molar refractivity (Wildman–Crippen MR) is 63.9 cm³/mol. The summed E-state index contributed by atoms with van der Waals surface area (Å²) in [5.74, 6) is 0. The van der Waals surface area contributed by atoms with Crippen LogP contribution in [0.3, 0.4) is 0 Å². The molecular weight excluding hydrogens is 226 g/mol. The van der Waals surface area contributed by atoms with E-state index in [1.165, 1.54) is 0 Å². The summed E-state index contributed by atoms with van der Waals surface area (Å²) in [6.07, 6.45) is 4.29. The number of halogens is 1. The van der Waals surface area contributed by atoms with Crippen molar-refractivity contribution < 1.29 is 4.74 Å². The first kappa shape index (κ1) is 11.6. The van der Waals surface area contributed by atoms with E-state index in [0.29, 0.717) is 11.3 Å². The number of piperidine rings is 1. The summed E-state index contributed by atoms with van der Waals surface area (Å²) < 4.78 is 5.61. The van der Waals surface area contributed by atoms with Crippen LogP contribution in [0.15, 0.2) is 12.3 Å². The van der Waals surface area contributed by atoms with Crippen LogP contribution in [0.4, 0.5) is 5.69 Å². The van der Waals surface area contributed by atoms with Gasteiger partial charge in [0.25, 0.3) is 0 Å². The molecule has 4 nitrogen and oxygen atoms in total. The predicted octanol–water partition coefficient (Wildman–Crippen LogP) is 2.14. The molecule has 1 aliphatic heterocycles. The van der Waals surface area contributed by atoms with Crippen LogP contribution in [0, 0.1) is 0 Å². The van der Waals surface area contributed by atoms with Crippen molar-refractivity contribution in [2.75, 3.05) is 24.6 Å². The van der Waals surface area contributed by atoms with E-state index in [1.807, 2.05) is 13.0 Å². The molecule has 0 aromatic carbocycles. The van der Waals surface area contributed by atoms with Gasteiger partial charge in [-0.05, 0) is 19.8 Å². The Balaban J connectivity index is 1.94. The Hall–Kier alpha value is -0.870. The third kappa shape index (κ3) is 2.83. The summed E-state index contributed by atoms with van der Waals surface area (Å²) in [6, 6.07) is 1.86. The largest absolute Gasteiger partial charge is 0.378 e. The van der Waals surface area contributed by atoms with Gasteiger partial charge < -0.3 is 9.64 Å². The topological polar surface area (TPSA) is 38.2 Å². The van der Waals surface area contributed by atoms with E-state index < -0.39 is 0 Å². The van der Waals surface area contributed by atoms with Gasteiger partial charge in [-0.3, -0.25) is 0 Å². The van der Waals surface area contributed by atoms with Gasteiger partial charge >= 0.3 is 0 Å². The fourth-order valence-corrected chi connectivity index (χ4v) is 2.18. The Morgan fingerprint density at radius 3 is 2.88 bits per heavy atom. The van der Waals surface area contributed by atoms with E-state index in [4.69, 9.17) is 16.3 Å². The van der Waals surface area contributed by atoms with E-state index in [0.717, 1.165) is 38.2 Å². The van der Waals surface area contributed by atoms with Gasteiger partial charge in [-0.15, -0.1) is 5.10 Å². The van der Waals surface area contributed by atoms with Crippen molar-refractivity contribution in [2.24, 2.45) is 0 Å². The first-order valence-corrected chi connectivity index (χ1v) is 6.02. The first-order valence-electron chi connectivity index (χ1n) is 5.64. The quantitative estimate of drug-likeness (QED) is 0.813. The molecule has 1 aliphatic rings. The lowest BCUT2D eigenvalue weighted by Gasteiger charge is -2.33. The maximum atomic E-state index is 5.82. The molecule has 1 fully saturated rings. The summed E-state index contributed by atoms with van der Waals surface area (Å²) in [5.41, 5.74) is 1.05. The summed E-state index contributed by atoms with van der Waals surface area (Å²) in [5, 5.41) is 8.05. The lowest BCUT2D eigenvalue weighted by atomic mass is 10.1. The Kier molecular flexibility index (Phi) is 3.96. The van der Waals surface area contributed by atoms with Crippen LogP contribution >= 0.6 is 11.6 Å². The van der Waals surface area contributed by atoms with Crippen LogP contribution in [0.2, 0.25) is 5.15 Å². The first-order chi connectivity index (χ1) is 7.79. The number of hydrogen-bond acceptors (Lipinski definition) is 4. The minimum Gasteiger partial charge on any atom is -0.378 e. The van der Waals surface area contributed by atoms with Gasteiger partial charge in [0.2, 0.25) is 0 Å². The molecule has 0 N–H and O–H groups in total. The second kappa shape index (κ2) is 5.46. The molecule has 0 aliphatic carbocycles. The van der Waals surface area contributed by atoms with Gasteiger partial charge in [0.05, 0.1) is 18.0 Å². The molecule has 2 heterocycles. The zero-order valence-electron chi connectivity index (χ0n) is 9.40. The minimum absolute atomic E-state index is 0.409. The van der Waals surface area contributed by atoms with Crippen LogP contribution in [-0.2, 0) is 4.74 Å². The van der Waals surface area contributed by atoms with Gasteiger partial charge in [0, 0.05) is 25.8 Å². The zero-order valence-corrected chi connectivity index (χ0v) is 10.2. The lowest BCUT2D eigenvalue weighted by Crippen LogP contribution is -2.37. The highest BCUT2D eigenvalue weighted by molar-refractivity contribution is 6.29. The van der Waals surface area contributed by atoms with Crippen molar-refractivity contribution in [2.45, 2.75) is 25.9 Å². The van der Waals surface area contributed by atoms with Crippen LogP contribution in [0.1, 0.15) is 19.8 Å². The van der Waals surface area contributed by atoms with E-state index >= 15 is 0 Å². The molecule has 0 atom stereocenters. The van der Waals surface area contributed by atoms with E-state index in [9.17, 15) is 0 Å². The third-order valence-electron chi connectivity index (χ3n) is 2.82. The maximum absolute atomic E-state index is 5.82. The molecule has 16 heavy (non-hydrogen) atoms. The Morgan fingerprint density at radius 2 is 2.25 bits per heavy atom. The molecule has 1 aromatic rings. The molecular formula is C11H16ClN3O. The Morgan fingerprint density at radius 1 is 1.50 bits per heavy atom. The summed E-state index contributed by atoms with van der Waals surface area (Å²) in [7, 11) is 0. The summed E-state index contributed by atoms with van der Waals surface area (Å²) >= 11 is 5.82. The SMILES string of the molecule is CCOC1CCN(c2cnnc(Cl)c2)CC1.